The molecule has 1 aliphatic rings. The zero-order valence-corrected chi connectivity index (χ0v) is 14.6. The van der Waals surface area contributed by atoms with Gasteiger partial charge < -0.3 is 9.42 Å². The van der Waals surface area contributed by atoms with Gasteiger partial charge in [0.2, 0.25) is 5.91 Å². The summed E-state index contributed by atoms with van der Waals surface area (Å²) >= 11 is 1.69. The number of hydrogen-bond donors (Lipinski definition) is 0. The molecule has 5 nitrogen and oxygen atoms in total. The van der Waals surface area contributed by atoms with Crippen molar-refractivity contribution in [3.63, 3.8) is 0 Å². The van der Waals surface area contributed by atoms with E-state index < -0.39 is 0 Å². The summed E-state index contributed by atoms with van der Waals surface area (Å²) in [5.74, 6) is 0.864. The Balaban J connectivity index is 1.59. The maximum atomic E-state index is 12.8. The minimum Gasteiger partial charge on any atom is -0.361 e. The Morgan fingerprint density at radius 1 is 1.38 bits per heavy atom. The summed E-state index contributed by atoms with van der Waals surface area (Å²) in [6.07, 6.45) is 2.35. The predicted octanol–water partition coefficient (Wildman–Crippen LogP) is 3.81. The Morgan fingerprint density at radius 3 is 2.96 bits per heavy atom. The van der Waals surface area contributed by atoms with Gasteiger partial charge in [-0.2, -0.15) is 0 Å². The second-order valence-corrected chi connectivity index (χ2v) is 7.31. The van der Waals surface area contributed by atoms with Gasteiger partial charge in [0.1, 0.15) is 10.8 Å². The van der Waals surface area contributed by atoms with E-state index in [9.17, 15) is 4.79 Å². The Labute approximate surface area is 144 Å². The van der Waals surface area contributed by atoms with E-state index in [4.69, 9.17) is 9.51 Å². The molecule has 3 heterocycles. The quantitative estimate of drug-likeness (QED) is 0.727. The van der Waals surface area contributed by atoms with E-state index in [1.165, 1.54) is 4.70 Å². The van der Waals surface area contributed by atoms with E-state index in [1.807, 2.05) is 36.9 Å². The third-order valence-corrected chi connectivity index (χ3v) is 5.82. The fourth-order valence-electron chi connectivity index (χ4n) is 3.36. The average molecular weight is 341 g/mol. The van der Waals surface area contributed by atoms with Crippen molar-refractivity contribution < 1.29 is 9.32 Å². The largest absolute Gasteiger partial charge is 0.361 e. The maximum absolute atomic E-state index is 12.8. The van der Waals surface area contributed by atoms with Crippen molar-refractivity contribution in [2.75, 3.05) is 6.54 Å². The van der Waals surface area contributed by atoms with E-state index in [1.54, 1.807) is 11.3 Å². The minimum absolute atomic E-state index is 0.0929. The van der Waals surface area contributed by atoms with Gasteiger partial charge in [-0.25, -0.2) is 4.98 Å². The van der Waals surface area contributed by atoms with Gasteiger partial charge >= 0.3 is 0 Å². The number of amides is 1. The lowest BCUT2D eigenvalue weighted by atomic mass is 10.1. The van der Waals surface area contributed by atoms with E-state index in [-0.39, 0.29) is 11.9 Å². The molecule has 1 saturated heterocycles. The van der Waals surface area contributed by atoms with E-state index in [0.29, 0.717) is 6.42 Å². The molecule has 3 aromatic rings. The lowest BCUT2D eigenvalue weighted by Crippen LogP contribution is -2.32. The molecule has 0 spiro atoms. The van der Waals surface area contributed by atoms with Gasteiger partial charge in [0.25, 0.3) is 0 Å². The van der Waals surface area contributed by atoms with Crippen LogP contribution in [-0.4, -0.2) is 27.5 Å². The topological polar surface area (TPSA) is 59.2 Å². The molecular weight excluding hydrogens is 322 g/mol. The zero-order valence-electron chi connectivity index (χ0n) is 13.8. The highest BCUT2D eigenvalue weighted by atomic mass is 32.1. The van der Waals surface area contributed by atoms with Crippen molar-refractivity contribution in [2.24, 2.45) is 0 Å². The van der Waals surface area contributed by atoms with Crippen LogP contribution < -0.4 is 0 Å². The number of fused-ring (bicyclic) bond motifs is 1. The number of thiazole rings is 1. The molecule has 1 fully saturated rings. The molecule has 6 heteroatoms. The first kappa shape index (κ1) is 15.3. The summed E-state index contributed by atoms with van der Waals surface area (Å²) < 4.78 is 6.36. The predicted molar refractivity (Wildman–Crippen MR) is 93.0 cm³/mol. The molecule has 24 heavy (non-hydrogen) atoms. The summed E-state index contributed by atoms with van der Waals surface area (Å²) in [6.45, 7) is 4.54. The number of hydrogen-bond acceptors (Lipinski definition) is 5. The molecule has 0 unspecified atom stereocenters. The van der Waals surface area contributed by atoms with Crippen LogP contribution in [0, 0.1) is 13.8 Å². The number of nitrogens with zero attached hydrogens (tertiary/aromatic N) is 3. The third-order valence-electron chi connectivity index (χ3n) is 4.68. The van der Waals surface area contributed by atoms with Gasteiger partial charge in [-0.15, -0.1) is 11.3 Å². The van der Waals surface area contributed by atoms with Crippen molar-refractivity contribution in [1.29, 1.82) is 0 Å². The summed E-state index contributed by atoms with van der Waals surface area (Å²) in [4.78, 5) is 19.6. The van der Waals surface area contributed by atoms with Crippen molar-refractivity contribution >= 4 is 27.5 Å². The highest BCUT2D eigenvalue weighted by molar-refractivity contribution is 7.18. The van der Waals surface area contributed by atoms with Gasteiger partial charge in [-0.1, -0.05) is 17.3 Å². The molecule has 1 atom stereocenters. The highest BCUT2D eigenvalue weighted by Gasteiger charge is 2.32. The fraction of sp³-hybridized carbons (Fsp3) is 0.389. The van der Waals surface area contributed by atoms with Crippen molar-refractivity contribution in [3.05, 3.63) is 46.3 Å². The second kappa shape index (κ2) is 6.02. The van der Waals surface area contributed by atoms with Crippen LogP contribution in [0.4, 0.5) is 0 Å². The standard InChI is InChI=1S/C18H19N3O2S/c1-11-13(12(2)23-20-11)10-17(22)21-9-5-7-15(21)18-19-14-6-3-4-8-16(14)24-18/h3-4,6,8,15H,5,7,9-10H2,1-2H3/t15-/m0/s1. The Morgan fingerprint density at radius 2 is 2.21 bits per heavy atom. The molecule has 1 aromatic carbocycles. The minimum atomic E-state index is 0.0929. The molecule has 1 aliphatic heterocycles. The lowest BCUT2D eigenvalue weighted by molar-refractivity contribution is -0.131. The normalized spacial score (nSPS) is 17.8. The first-order valence-corrected chi connectivity index (χ1v) is 9.02. The first-order chi connectivity index (χ1) is 11.6. The van der Waals surface area contributed by atoms with Crippen LogP contribution in [-0.2, 0) is 11.2 Å². The molecule has 0 saturated carbocycles. The van der Waals surface area contributed by atoms with Crippen molar-refractivity contribution in [2.45, 2.75) is 39.2 Å². The summed E-state index contributed by atoms with van der Waals surface area (Å²) in [5, 5.41) is 4.99. The van der Waals surface area contributed by atoms with Crippen molar-refractivity contribution in [1.82, 2.24) is 15.0 Å². The highest BCUT2D eigenvalue weighted by Crippen LogP contribution is 2.36. The zero-order chi connectivity index (χ0) is 16.7. The van der Waals surface area contributed by atoms with Crippen LogP contribution in [0.2, 0.25) is 0 Å². The molecule has 0 N–H and O–H groups in total. The van der Waals surface area contributed by atoms with Crippen LogP contribution in [0.25, 0.3) is 10.2 Å². The Kier molecular flexibility index (Phi) is 3.84. The second-order valence-electron chi connectivity index (χ2n) is 6.24. The monoisotopic (exact) mass is 341 g/mol. The molecule has 0 radical (unpaired) electrons. The number of rotatable bonds is 3. The fourth-order valence-corrected chi connectivity index (χ4v) is 4.48. The number of carbonyl (C=O) groups excluding carboxylic acids is 1. The average Bonchev–Trinajstić information content (AvgIpc) is 3.28. The lowest BCUT2D eigenvalue weighted by Gasteiger charge is -2.23. The number of benzene rings is 1. The van der Waals surface area contributed by atoms with Gasteiger partial charge in [0.15, 0.2) is 0 Å². The van der Waals surface area contributed by atoms with Crippen LogP contribution in [0.3, 0.4) is 0 Å². The summed E-state index contributed by atoms with van der Waals surface area (Å²) in [5.41, 5.74) is 2.73. The van der Waals surface area contributed by atoms with Crippen molar-refractivity contribution in [3.8, 4) is 0 Å². The smallest absolute Gasteiger partial charge is 0.227 e. The Bertz CT molecular complexity index is 846. The maximum Gasteiger partial charge on any atom is 0.227 e. The molecule has 0 aliphatic carbocycles. The van der Waals surface area contributed by atoms with Gasteiger partial charge in [-0.05, 0) is 38.8 Å². The first-order valence-electron chi connectivity index (χ1n) is 8.20. The van der Waals surface area contributed by atoms with Gasteiger partial charge in [0.05, 0.1) is 28.4 Å². The molecular formula is C18H19N3O2S. The van der Waals surface area contributed by atoms with E-state index in [0.717, 1.165) is 46.9 Å². The van der Waals surface area contributed by atoms with Gasteiger partial charge in [0, 0.05) is 12.1 Å². The number of aromatic nitrogens is 2. The summed E-state index contributed by atoms with van der Waals surface area (Å²) in [7, 11) is 0. The molecule has 0 bridgehead atoms. The van der Waals surface area contributed by atoms with Crippen LogP contribution >= 0.6 is 11.3 Å². The van der Waals surface area contributed by atoms with E-state index in [2.05, 4.69) is 11.2 Å². The van der Waals surface area contributed by atoms with Crippen LogP contribution in [0.1, 0.15) is 40.9 Å². The number of para-hydroxylation sites is 1. The van der Waals surface area contributed by atoms with Crippen LogP contribution in [0.15, 0.2) is 28.8 Å². The molecule has 124 valence electrons. The Hall–Kier alpha value is -2.21. The van der Waals surface area contributed by atoms with Crippen LogP contribution in [0.5, 0.6) is 0 Å². The number of carbonyl (C=O) groups is 1. The summed E-state index contributed by atoms with van der Waals surface area (Å²) in [6, 6.07) is 8.23. The SMILES string of the molecule is Cc1noc(C)c1CC(=O)N1CCC[C@H]1c1nc2ccccc2s1. The molecule has 2 aromatic heterocycles. The molecule has 1 amide bonds. The molecule has 4 rings (SSSR count). The van der Waals surface area contributed by atoms with Gasteiger partial charge in [-0.3, -0.25) is 4.79 Å². The number of aryl methyl sites for hydroxylation is 2. The third kappa shape index (κ3) is 2.60. The van der Waals surface area contributed by atoms with E-state index >= 15 is 0 Å². The number of likely N-dealkylation sites (tertiary alicyclic amines) is 1.